The number of amides is 1. The van der Waals surface area contributed by atoms with Crippen molar-refractivity contribution >= 4 is 17.7 Å². The van der Waals surface area contributed by atoms with E-state index in [9.17, 15) is 4.79 Å². The van der Waals surface area contributed by atoms with Gasteiger partial charge in [-0.25, -0.2) is 0 Å². The average Bonchev–Trinajstić information content (AvgIpc) is 2.75. The summed E-state index contributed by atoms with van der Waals surface area (Å²) in [6.45, 7) is 1.96. The van der Waals surface area contributed by atoms with E-state index in [4.69, 9.17) is 0 Å². The van der Waals surface area contributed by atoms with Gasteiger partial charge in [0, 0.05) is 25.0 Å². The lowest BCUT2D eigenvalue weighted by Gasteiger charge is -2.05. The van der Waals surface area contributed by atoms with Crippen molar-refractivity contribution in [2.24, 2.45) is 7.05 Å². The Hall–Kier alpha value is -2.36. The third-order valence-electron chi connectivity index (χ3n) is 2.67. The molecule has 0 spiro atoms. The molecule has 1 aromatic carbocycles. The molecule has 0 aliphatic carbocycles. The number of hydrogen-bond donors (Lipinski definition) is 1. The van der Waals surface area contributed by atoms with Crippen LogP contribution in [0.1, 0.15) is 11.3 Å². The molecule has 0 aliphatic heterocycles. The van der Waals surface area contributed by atoms with Crippen LogP contribution in [0, 0.1) is 6.92 Å². The number of hydrogen-bond acceptors (Lipinski definition) is 2. The van der Waals surface area contributed by atoms with Crippen LogP contribution in [0.5, 0.6) is 0 Å². The first-order valence-electron chi connectivity index (χ1n) is 5.69. The summed E-state index contributed by atoms with van der Waals surface area (Å²) in [6.07, 6.45) is 4.93. The third kappa shape index (κ3) is 2.85. The Morgan fingerprint density at radius 2 is 2.11 bits per heavy atom. The number of aryl methyl sites for hydroxylation is 2. The topological polar surface area (TPSA) is 46.9 Å². The first kappa shape index (κ1) is 12.1. The summed E-state index contributed by atoms with van der Waals surface area (Å²) in [5.41, 5.74) is 2.76. The molecule has 0 radical (unpaired) electrons. The van der Waals surface area contributed by atoms with Crippen molar-refractivity contribution < 1.29 is 4.79 Å². The normalized spacial score (nSPS) is 10.8. The molecule has 0 unspecified atom stereocenters. The molecule has 92 valence electrons. The molecule has 0 saturated carbocycles. The van der Waals surface area contributed by atoms with E-state index in [1.807, 2.05) is 44.3 Å². The van der Waals surface area contributed by atoms with Crippen molar-refractivity contribution in [2.45, 2.75) is 6.92 Å². The second kappa shape index (κ2) is 5.31. The molecule has 18 heavy (non-hydrogen) atoms. The molecule has 0 bridgehead atoms. The maximum Gasteiger partial charge on any atom is 0.248 e. The van der Waals surface area contributed by atoms with Gasteiger partial charge in [0.05, 0.1) is 5.69 Å². The number of rotatable bonds is 3. The third-order valence-corrected chi connectivity index (χ3v) is 2.67. The minimum Gasteiger partial charge on any atom is -0.322 e. The highest BCUT2D eigenvalue weighted by Gasteiger charge is 2.00. The van der Waals surface area contributed by atoms with Gasteiger partial charge in [-0.2, -0.15) is 5.10 Å². The second-order valence-corrected chi connectivity index (χ2v) is 4.02. The number of carbonyl (C=O) groups is 1. The van der Waals surface area contributed by atoms with Crippen molar-refractivity contribution in [3.05, 3.63) is 53.9 Å². The highest BCUT2D eigenvalue weighted by molar-refractivity contribution is 6.02. The molecule has 0 fully saturated rings. The summed E-state index contributed by atoms with van der Waals surface area (Å²) in [6, 6.07) is 9.52. The van der Waals surface area contributed by atoms with Crippen molar-refractivity contribution in [2.75, 3.05) is 5.32 Å². The Morgan fingerprint density at radius 3 is 2.78 bits per heavy atom. The van der Waals surface area contributed by atoms with Crippen LogP contribution in [-0.4, -0.2) is 15.7 Å². The predicted molar refractivity (Wildman–Crippen MR) is 72.1 cm³/mol. The Bertz CT molecular complexity index is 584. The van der Waals surface area contributed by atoms with Gasteiger partial charge in [-0.05, 0) is 30.7 Å². The zero-order chi connectivity index (χ0) is 13.0. The first-order valence-corrected chi connectivity index (χ1v) is 5.69. The van der Waals surface area contributed by atoms with Crippen LogP contribution in [-0.2, 0) is 11.8 Å². The lowest BCUT2D eigenvalue weighted by molar-refractivity contribution is -0.111. The minimum atomic E-state index is -0.148. The van der Waals surface area contributed by atoms with Gasteiger partial charge in [0.1, 0.15) is 0 Å². The molecular formula is C14H15N3O. The monoisotopic (exact) mass is 241 g/mol. The number of nitrogens with one attached hydrogen (secondary N) is 1. The lowest BCUT2D eigenvalue weighted by Crippen LogP contribution is -2.08. The van der Waals surface area contributed by atoms with Crippen LogP contribution >= 0.6 is 0 Å². The lowest BCUT2D eigenvalue weighted by atomic mass is 10.2. The molecule has 1 N–H and O–H groups in total. The summed E-state index contributed by atoms with van der Waals surface area (Å²) in [4.78, 5) is 11.7. The molecule has 1 amide bonds. The van der Waals surface area contributed by atoms with Gasteiger partial charge >= 0.3 is 0 Å². The summed E-state index contributed by atoms with van der Waals surface area (Å²) < 4.78 is 1.71. The van der Waals surface area contributed by atoms with Crippen LogP contribution in [0.25, 0.3) is 6.08 Å². The molecular weight excluding hydrogens is 226 g/mol. The number of aromatic nitrogens is 2. The fourth-order valence-corrected chi connectivity index (χ4v) is 1.60. The van der Waals surface area contributed by atoms with Crippen LogP contribution in [0.3, 0.4) is 0 Å². The molecule has 1 aromatic heterocycles. The predicted octanol–water partition coefficient (Wildman–Crippen LogP) is 2.38. The summed E-state index contributed by atoms with van der Waals surface area (Å²) in [7, 11) is 1.83. The maximum absolute atomic E-state index is 11.7. The van der Waals surface area contributed by atoms with Crippen molar-refractivity contribution in [3.63, 3.8) is 0 Å². The molecule has 4 heteroatoms. The van der Waals surface area contributed by atoms with Gasteiger partial charge in [0.15, 0.2) is 0 Å². The van der Waals surface area contributed by atoms with E-state index >= 15 is 0 Å². The number of nitrogens with zero attached hydrogens (tertiary/aromatic N) is 2. The van der Waals surface area contributed by atoms with Crippen LogP contribution in [0.2, 0.25) is 0 Å². The number of benzene rings is 1. The van der Waals surface area contributed by atoms with E-state index in [0.717, 1.165) is 16.9 Å². The maximum atomic E-state index is 11.7. The van der Waals surface area contributed by atoms with Crippen molar-refractivity contribution in [1.82, 2.24) is 9.78 Å². The highest BCUT2D eigenvalue weighted by Crippen LogP contribution is 2.13. The largest absolute Gasteiger partial charge is 0.322 e. The van der Waals surface area contributed by atoms with Crippen LogP contribution < -0.4 is 5.32 Å². The molecule has 2 rings (SSSR count). The molecule has 4 nitrogen and oxygen atoms in total. The quantitative estimate of drug-likeness (QED) is 0.839. The summed E-state index contributed by atoms with van der Waals surface area (Å²) in [5.74, 6) is -0.148. The Labute approximate surface area is 106 Å². The van der Waals surface area contributed by atoms with Gasteiger partial charge in [0.25, 0.3) is 0 Å². The van der Waals surface area contributed by atoms with E-state index in [-0.39, 0.29) is 5.91 Å². The molecule has 0 saturated heterocycles. The van der Waals surface area contributed by atoms with E-state index < -0.39 is 0 Å². The number of para-hydroxylation sites is 1. The minimum absolute atomic E-state index is 0.148. The zero-order valence-corrected chi connectivity index (χ0v) is 10.4. The molecule has 0 atom stereocenters. The van der Waals surface area contributed by atoms with Crippen molar-refractivity contribution in [3.8, 4) is 0 Å². The molecule has 2 aromatic rings. The highest BCUT2D eigenvalue weighted by atomic mass is 16.1. The van der Waals surface area contributed by atoms with Crippen LogP contribution in [0.15, 0.2) is 42.6 Å². The SMILES string of the molecule is Cc1ccccc1NC(=O)/C=C/c1ccnn1C. The fourth-order valence-electron chi connectivity index (χ4n) is 1.60. The van der Waals surface area contributed by atoms with Gasteiger partial charge in [-0.3, -0.25) is 9.48 Å². The Balaban J connectivity index is 2.04. The van der Waals surface area contributed by atoms with E-state index in [2.05, 4.69) is 10.4 Å². The standard InChI is InChI=1S/C14H15N3O/c1-11-5-3-4-6-13(11)16-14(18)8-7-12-9-10-15-17(12)2/h3-10H,1-2H3,(H,16,18)/b8-7+. The van der Waals surface area contributed by atoms with Crippen LogP contribution in [0.4, 0.5) is 5.69 Å². The number of carbonyl (C=O) groups excluding carboxylic acids is 1. The second-order valence-electron chi connectivity index (χ2n) is 4.02. The van der Waals surface area contributed by atoms with Gasteiger partial charge in [-0.15, -0.1) is 0 Å². The average molecular weight is 241 g/mol. The fraction of sp³-hybridized carbons (Fsp3) is 0.143. The van der Waals surface area contributed by atoms with E-state index in [1.165, 1.54) is 6.08 Å². The Morgan fingerprint density at radius 1 is 1.33 bits per heavy atom. The molecule has 0 aliphatic rings. The van der Waals surface area contributed by atoms with E-state index in [0.29, 0.717) is 0 Å². The number of anilines is 1. The Kier molecular flexibility index (Phi) is 3.57. The van der Waals surface area contributed by atoms with Crippen molar-refractivity contribution in [1.29, 1.82) is 0 Å². The van der Waals surface area contributed by atoms with Gasteiger partial charge < -0.3 is 5.32 Å². The molecule has 1 heterocycles. The first-order chi connectivity index (χ1) is 8.66. The zero-order valence-electron chi connectivity index (χ0n) is 10.4. The smallest absolute Gasteiger partial charge is 0.248 e. The van der Waals surface area contributed by atoms with E-state index in [1.54, 1.807) is 17.0 Å². The van der Waals surface area contributed by atoms with Gasteiger partial charge in [-0.1, -0.05) is 18.2 Å². The van der Waals surface area contributed by atoms with Gasteiger partial charge in [0.2, 0.25) is 5.91 Å². The summed E-state index contributed by atoms with van der Waals surface area (Å²) >= 11 is 0. The summed E-state index contributed by atoms with van der Waals surface area (Å²) in [5, 5.41) is 6.86.